The van der Waals surface area contributed by atoms with E-state index in [0.29, 0.717) is 0 Å². The van der Waals surface area contributed by atoms with E-state index >= 15 is 0 Å². The number of hydrogen-bond acceptors (Lipinski definition) is 2. The van der Waals surface area contributed by atoms with Gasteiger partial charge in [-0.15, -0.1) is 0 Å². The second-order valence-electron chi connectivity index (χ2n) is 3.90. The van der Waals surface area contributed by atoms with E-state index in [1.54, 1.807) is 0 Å². The third kappa shape index (κ3) is 3.14. The van der Waals surface area contributed by atoms with Crippen molar-refractivity contribution >= 4 is 11.1 Å². The fourth-order valence-electron chi connectivity index (χ4n) is 1.87. The Morgan fingerprint density at radius 1 is 1.07 bits per heavy atom. The zero-order chi connectivity index (χ0) is 10.5. The predicted molar refractivity (Wildman–Crippen MR) is 60.8 cm³/mol. The highest BCUT2D eigenvalue weighted by Gasteiger charge is 2.17. The molecule has 2 rings (SSSR count). The smallest absolute Gasteiger partial charge is 0.189 e. The fourth-order valence-corrected chi connectivity index (χ4v) is 2.80. The van der Waals surface area contributed by atoms with Gasteiger partial charge in [0, 0.05) is 0 Å². The maximum atomic E-state index is 11.8. The summed E-state index contributed by atoms with van der Waals surface area (Å²) in [6, 6.07) is 9.38. The van der Waals surface area contributed by atoms with Crippen molar-refractivity contribution in [3.05, 3.63) is 30.3 Å². The molecule has 1 aromatic rings. The molecular weight excluding hydrogens is 208 g/mol. The molecule has 1 saturated carbocycles. The highest BCUT2D eigenvalue weighted by Crippen LogP contribution is 2.22. The molecule has 0 bridgehead atoms. The van der Waals surface area contributed by atoms with Gasteiger partial charge >= 0.3 is 0 Å². The highest BCUT2D eigenvalue weighted by molar-refractivity contribution is 7.80. The summed E-state index contributed by atoms with van der Waals surface area (Å²) in [5, 5.41) is 0. The van der Waals surface area contributed by atoms with Crippen molar-refractivity contribution in [3.8, 4) is 0 Å². The molecule has 1 aliphatic rings. The van der Waals surface area contributed by atoms with Crippen molar-refractivity contribution in [2.45, 2.75) is 43.1 Å². The molecule has 1 atom stereocenters. The van der Waals surface area contributed by atoms with Crippen LogP contribution >= 0.6 is 0 Å². The molecular formula is C12H16O2S. The second-order valence-corrected chi connectivity index (χ2v) is 5.04. The normalized spacial score (nSPS) is 20.0. The predicted octanol–water partition coefficient (Wildman–Crippen LogP) is 3.06. The van der Waals surface area contributed by atoms with Crippen LogP contribution < -0.4 is 0 Å². The minimum absolute atomic E-state index is 0.194. The van der Waals surface area contributed by atoms with Crippen molar-refractivity contribution in [3.63, 3.8) is 0 Å². The topological polar surface area (TPSA) is 26.3 Å². The molecule has 0 N–H and O–H groups in total. The molecule has 0 heterocycles. The summed E-state index contributed by atoms with van der Waals surface area (Å²) in [6.45, 7) is 0. The van der Waals surface area contributed by atoms with Crippen LogP contribution in [-0.4, -0.2) is 10.3 Å². The fraction of sp³-hybridized carbons (Fsp3) is 0.500. The van der Waals surface area contributed by atoms with Crippen molar-refractivity contribution in [2.75, 3.05) is 0 Å². The van der Waals surface area contributed by atoms with Gasteiger partial charge in [-0.25, -0.2) is 4.21 Å². The maximum absolute atomic E-state index is 11.8. The monoisotopic (exact) mass is 224 g/mol. The molecule has 2 nitrogen and oxygen atoms in total. The first-order valence-electron chi connectivity index (χ1n) is 5.50. The van der Waals surface area contributed by atoms with E-state index < -0.39 is 11.1 Å². The zero-order valence-electron chi connectivity index (χ0n) is 8.72. The Morgan fingerprint density at radius 3 is 2.40 bits per heavy atom. The first kappa shape index (κ1) is 10.8. The largest absolute Gasteiger partial charge is 0.283 e. The number of rotatable bonds is 3. The van der Waals surface area contributed by atoms with Crippen LogP contribution in [0.5, 0.6) is 0 Å². The summed E-state index contributed by atoms with van der Waals surface area (Å²) in [4.78, 5) is 0.767. The van der Waals surface area contributed by atoms with Gasteiger partial charge in [-0.05, 0) is 25.0 Å². The van der Waals surface area contributed by atoms with E-state index in [9.17, 15) is 4.21 Å². The van der Waals surface area contributed by atoms with Crippen molar-refractivity contribution in [1.29, 1.82) is 0 Å². The highest BCUT2D eigenvalue weighted by atomic mass is 32.2. The Bertz CT molecular complexity index is 318. The minimum atomic E-state index is -1.28. The Labute approximate surface area is 93.3 Å². The van der Waals surface area contributed by atoms with Gasteiger partial charge in [-0.2, -0.15) is 0 Å². The van der Waals surface area contributed by atoms with Crippen LogP contribution in [0.3, 0.4) is 0 Å². The summed E-state index contributed by atoms with van der Waals surface area (Å²) in [7, 11) is 0. The first-order chi connectivity index (χ1) is 7.36. The molecule has 1 aromatic carbocycles. The van der Waals surface area contributed by atoms with Crippen LogP contribution in [0.1, 0.15) is 32.1 Å². The average molecular weight is 224 g/mol. The van der Waals surface area contributed by atoms with Crippen molar-refractivity contribution < 1.29 is 8.39 Å². The van der Waals surface area contributed by atoms with Crippen LogP contribution in [-0.2, 0) is 15.3 Å². The molecule has 0 amide bonds. The van der Waals surface area contributed by atoms with Crippen LogP contribution in [0.25, 0.3) is 0 Å². The number of benzene rings is 1. The number of hydrogen-bond donors (Lipinski definition) is 0. The van der Waals surface area contributed by atoms with E-state index in [1.807, 2.05) is 30.3 Å². The van der Waals surface area contributed by atoms with Crippen molar-refractivity contribution in [2.24, 2.45) is 0 Å². The van der Waals surface area contributed by atoms with Crippen LogP contribution in [0, 0.1) is 0 Å². The van der Waals surface area contributed by atoms with Gasteiger partial charge in [0.1, 0.15) is 0 Å². The SMILES string of the molecule is O=[S@](OC1CCCCC1)c1ccccc1. The lowest BCUT2D eigenvalue weighted by molar-refractivity contribution is 0.174. The molecule has 0 saturated heterocycles. The second kappa shape index (κ2) is 5.42. The summed E-state index contributed by atoms with van der Waals surface area (Å²) < 4.78 is 17.4. The van der Waals surface area contributed by atoms with Gasteiger partial charge in [0.2, 0.25) is 0 Å². The molecule has 0 aromatic heterocycles. The summed E-state index contributed by atoms with van der Waals surface area (Å²) in [5.74, 6) is 0. The summed E-state index contributed by atoms with van der Waals surface area (Å²) in [5.41, 5.74) is 0. The van der Waals surface area contributed by atoms with E-state index in [1.165, 1.54) is 19.3 Å². The van der Waals surface area contributed by atoms with Crippen LogP contribution in [0.4, 0.5) is 0 Å². The van der Waals surface area contributed by atoms with E-state index in [2.05, 4.69) is 0 Å². The zero-order valence-corrected chi connectivity index (χ0v) is 9.54. The quantitative estimate of drug-likeness (QED) is 0.788. The van der Waals surface area contributed by atoms with Gasteiger partial charge in [0.15, 0.2) is 11.1 Å². The molecule has 1 aliphatic carbocycles. The minimum Gasteiger partial charge on any atom is -0.283 e. The van der Waals surface area contributed by atoms with Crippen molar-refractivity contribution in [1.82, 2.24) is 0 Å². The average Bonchev–Trinajstić information content (AvgIpc) is 2.31. The Hall–Kier alpha value is -0.670. The summed E-state index contributed by atoms with van der Waals surface area (Å²) >= 11 is -1.28. The summed E-state index contributed by atoms with van der Waals surface area (Å²) in [6.07, 6.45) is 6.00. The van der Waals surface area contributed by atoms with Gasteiger partial charge in [0.05, 0.1) is 11.0 Å². The van der Waals surface area contributed by atoms with E-state index in [4.69, 9.17) is 4.18 Å². The Kier molecular flexibility index (Phi) is 3.92. The molecule has 82 valence electrons. The first-order valence-corrected chi connectivity index (χ1v) is 6.58. The molecule has 0 spiro atoms. The van der Waals surface area contributed by atoms with Gasteiger partial charge < -0.3 is 0 Å². The molecule has 15 heavy (non-hydrogen) atoms. The molecule has 3 heteroatoms. The maximum Gasteiger partial charge on any atom is 0.189 e. The molecule has 1 fully saturated rings. The Balaban J connectivity index is 1.91. The third-order valence-electron chi connectivity index (χ3n) is 2.71. The lowest BCUT2D eigenvalue weighted by atomic mass is 9.98. The van der Waals surface area contributed by atoms with Crippen LogP contribution in [0.15, 0.2) is 35.2 Å². The standard InChI is InChI=1S/C12H16O2S/c13-15(12-9-5-2-6-10-12)14-11-7-3-1-4-8-11/h2,5-6,9-11H,1,3-4,7-8H2/t15-/m1/s1. The van der Waals surface area contributed by atoms with Crippen LogP contribution in [0.2, 0.25) is 0 Å². The van der Waals surface area contributed by atoms with E-state index in [0.717, 1.165) is 17.7 Å². The van der Waals surface area contributed by atoms with Gasteiger partial charge in [-0.1, -0.05) is 37.5 Å². The molecule has 0 radical (unpaired) electrons. The lowest BCUT2D eigenvalue weighted by Crippen LogP contribution is -2.17. The molecule has 0 unspecified atom stereocenters. The molecule has 0 aliphatic heterocycles. The van der Waals surface area contributed by atoms with E-state index in [-0.39, 0.29) is 6.10 Å². The van der Waals surface area contributed by atoms with Gasteiger partial charge in [0.25, 0.3) is 0 Å². The lowest BCUT2D eigenvalue weighted by Gasteiger charge is -2.20. The Morgan fingerprint density at radius 2 is 1.73 bits per heavy atom. The third-order valence-corrected chi connectivity index (χ3v) is 3.82. The van der Waals surface area contributed by atoms with Gasteiger partial charge in [-0.3, -0.25) is 4.18 Å².